The number of carbonyl (C=O) groups excluding carboxylic acids is 1. The highest BCUT2D eigenvalue weighted by molar-refractivity contribution is 7.80. The second-order valence-electron chi connectivity index (χ2n) is 8.17. The Morgan fingerprint density at radius 1 is 0.943 bits per heavy atom. The Morgan fingerprint density at radius 3 is 2.20 bits per heavy atom. The molecule has 0 atom stereocenters. The topological polar surface area (TPSA) is 126 Å². The lowest BCUT2D eigenvalue weighted by Gasteiger charge is -2.36. The van der Waals surface area contributed by atoms with Crippen LogP contribution in [0.5, 0.6) is 23.0 Å². The van der Waals surface area contributed by atoms with Gasteiger partial charge in [0.25, 0.3) is 0 Å². The minimum absolute atomic E-state index is 0. The van der Waals surface area contributed by atoms with Crippen LogP contribution in [-0.4, -0.2) is 34.4 Å². The molecule has 6 N–H and O–H groups in total. The molecule has 2 aliphatic rings. The highest BCUT2D eigenvalue weighted by atomic mass is 35.5. The van der Waals surface area contributed by atoms with Crippen molar-refractivity contribution in [3.8, 4) is 23.0 Å². The zero-order valence-electron chi connectivity index (χ0n) is 18.5. The van der Waals surface area contributed by atoms with Gasteiger partial charge in [0.15, 0.2) is 10.7 Å². The van der Waals surface area contributed by atoms with E-state index in [4.69, 9.17) is 27.4 Å². The van der Waals surface area contributed by atoms with Crippen LogP contribution in [0.15, 0.2) is 54.6 Å². The first-order chi connectivity index (χ1) is 16.4. The molecule has 35 heavy (non-hydrogen) atoms. The molecule has 0 unspecified atom stereocenters. The van der Waals surface area contributed by atoms with Gasteiger partial charge in [-0.05, 0) is 68.0 Å². The highest BCUT2D eigenvalue weighted by Crippen LogP contribution is 2.57. The summed E-state index contributed by atoms with van der Waals surface area (Å²) in [6.45, 7) is 1.33. The Labute approximate surface area is 213 Å². The van der Waals surface area contributed by atoms with Crippen LogP contribution in [0.1, 0.15) is 39.9 Å². The van der Waals surface area contributed by atoms with E-state index < -0.39 is 11.6 Å². The van der Waals surface area contributed by atoms with Crippen LogP contribution in [0, 0.1) is 0 Å². The number of nitrogens with one attached hydrogen (secondary N) is 2. The maximum atomic E-state index is 13.1. The number of ether oxygens (including phenoxy) is 2. The minimum Gasteiger partial charge on any atom is -0.508 e. The SMILES string of the molecule is Cl.NCCCCNC(=S)Nc1ccc2c(c1)C(=O)OC21c2ccc(O)cc2Oc2cc(O)ccc21. The smallest absolute Gasteiger partial charge is 0.340 e. The second-order valence-corrected chi connectivity index (χ2v) is 8.58. The van der Waals surface area contributed by atoms with Gasteiger partial charge >= 0.3 is 5.97 Å². The van der Waals surface area contributed by atoms with E-state index in [9.17, 15) is 15.0 Å². The van der Waals surface area contributed by atoms with Gasteiger partial charge in [0, 0.05) is 41.1 Å². The number of anilines is 1. The monoisotopic (exact) mass is 513 g/mol. The molecule has 0 saturated heterocycles. The first kappa shape index (κ1) is 24.6. The van der Waals surface area contributed by atoms with Crippen LogP contribution in [0.25, 0.3) is 0 Å². The van der Waals surface area contributed by atoms with Gasteiger partial charge in [0.05, 0.1) is 5.56 Å². The van der Waals surface area contributed by atoms with Gasteiger partial charge in [0.1, 0.15) is 23.0 Å². The second kappa shape index (κ2) is 9.61. The molecule has 0 aromatic heterocycles. The van der Waals surface area contributed by atoms with Crippen molar-refractivity contribution in [1.29, 1.82) is 0 Å². The van der Waals surface area contributed by atoms with Crippen molar-refractivity contribution in [2.45, 2.75) is 18.4 Å². The minimum atomic E-state index is -1.28. The van der Waals surface area contributed by atoms with E-state index in [0.717, 1.165) is 12.8 Å². The van der Waals surface area contributed by atoms with E-state index in [1.165, 1.54) is 24.3 Å². The molecule has 0 radical (unpaired) electrons. The molecule has 0 bridgehead atoms. The quantitative estimate of drug-likeness (QED) is 0.194. The predicted molar refractivity (Wildman–Crippen MR) is 138 cm³/mol. The molecule has 3 aromatic rings. The summed E-state index contributed by atoms with van der Waals surface area (Å²) in [5.74, 6) is 0.191. The number of hydrogen-bond acceptors (Lipinski definition) is 7. The Hall–Kier alpha value is -3.53. The number of thiocarbonyl (C=S) groups is 1. The number of benzene rings is 3. The van der Waals surface area contributed by atoms with Crippen LogP contribution >= 0.6 is 24.6 Å². The first-order valence-corrected chi connectivity index (χ1v) is 11.3. The summed E-state index contributed by atoms with van der Waals surface area (Å²) in [5, 5.41) is 26.7. The summed E-state index contributed by atoms with van der Waals surface area (Å²) < 4.78 is 12.0. The number of unbranched alkanes of at least 4 members (excludes halogenated alkanes) is 1. The third-order valence-corrected chi connectivity index (χ3v) is 6.19. The first-order valence-electron chi connectivity index (χ1n) is 10.9. The van der Waals surface area contributed by atoms with Gasteiger partial charge < -0.3 is 36.1 Å². The molecule has 0 fully saturated rings. The van der Waals surface area contributed by atoms with E-state index in [2.05, 4.69) is 10.6 Å². The fourth-order valence-electron chi connectivity index (χ4n) is 4.43. The van der Waals surface area contributed by atoms with Crippen molar-refractivity contribution in [2.24, 2.45) is 5.73 Å². The summed E-state index contributed by atoms with van der Waals surface area (Å²) in [6, 6.07) is 14.7. The number of phenolic OH excluding ortho intramolecular Hbond substituents is 2. The fraction of sp³-hybridized carbons (Fsp3) is 0.200. The molecule has 3 aromatic carbocycles. The van der Waals surface area contributed by atoms with Crippen LogP contribution in [-0.2, 0) is 10.3 Å². The number of fused-ring (bicyclic) bond motifs is 6. The predicted octanol–water partition coefficient (Wildman–Crippen LogP) is 4.11. The normalized spacial score (nSPS) is 14.0. The third-order valence-electron chi connectivity index (χ3n) is 5.95. The molecule has 0 saturated carbocycles. The van der Waals surface area contributed by atoms with Crippen molar-refractivity contribution in [3.05, 3.63) is 76.9 Å². The zero-order valence-corrected chi connectivity index (χ0v) is 20.2. The third kappa shape index (κ3) is 4.22. The molecular weight excluding hydrogens is 490 g/mol. The average Bonchev–Trinajstić information content (AvgIpc) is 3.08. The molecule has 0 aliphatic carbocycles. The van der Waals surface area contributed by atoms with Crippen LogP contribution < -0.4 is 21.1 Å². The summed E-state index contributed by atoms with van der Waals surface area (Å²) >= 11 is 5.36. The maximum Gasteiger partial charge on any atom is 0.340 e. The lowest BCUT2D eigenvalue weighted by Crippen LogP contribution is -2.33. The molecule has 5 rings (SSSR count). The summed E-state index contributed by atoms with van der Waals surface area (Å²) in [7, 11) is 0. The Balaban J connectivity index is 0.00000289. The average molecular weight is 514 g/mol. The number of esters is 1. The van der Waals surface area contributed by atoms with Gasteiger partial charge in [0.2, 0.25) is 0 Å². The lowest BCUT2D eigenvalue weighted by atomic mass is 9.77. The van der Waals surface area contributed by atoms with E-state index in [0.29, 0.717) is 57.6 Å². The van der Waals surface area contributed by atoms with Gasteiger partial charge in [-0.3, -0.25) is 0 Å². The standard InChI is InChI=1S/C25H23N3O5S.ClH/c26-9-1-2-10-27-24(34)28-14-3-6-18-17(11-14)23(31)33-25(18)19-7-4-15(29)12-21(19)32-22-13-16(30)5-8-20(22)25;/h3-8,11-13,29-30H,1-2,9-10,26H2,(H2,27,28,34);1H. The highest BCUT2D eigenvalue weighted by Gasteiger charge is 2.53. The molecule has 8 nitrogen and oxygen atoms in total. The van der Waals surface area contributed by atoms with Gasteiger partial charge in [-0.1, -0.05) is 6.07 Å². The van der Waals surface area contributed by atoms with Crippen molar-refractivity contribution in [2.75, 3.05) is 18.4 Å². The van der Waals surface area contributed by atoms with Crippen molar-refractivity contribution >= 4 is 41.4 Å². The van der Waals surface area contributed by atoms with Crippen LogP contribution in [0.2, 0.25) is 0 Å². The van der Waals surface area contributed by atoms with E-state index >= 15 is 0 Å². The number of phenols is 2. The van der Waals surface area contributed by atoms with Gasteiger partial charge in [-0.25, -0.2) is 4.79 Å². The van der Waals surface area contributed by atoms with E-state index in [-0.39, 0.29) is 23.9 Å². The molecular formula is C25H24ClN3O5S. The maximum absolute atomic E-state index is 13.1. The number of aromatic hydroxyl groups is 2. The molecule has 2 heterocycles. The zero-order chi connectivity index (χ0) is 23.9. The fourth-order valence-corrected chi connectivity index (χ4v) is 4.65. The summed E-state index contributed by atoms with van der Waals surface area (Å²) in [4.78, 5) is 13.1. The van der Waals surface area contributed by atoms with Crippen LogP contribution in [0.3, 0.4) is 0 Å². The molecule has 182 valence electrons. The van der Waals surface area contributed by atoms with Crippen molar-refractivity contribution < 1.29 is 24.5 Å². The molecule has 10 heteroatoms. The molecule has 0 amide bonds. The number of hydrogen-bond donors (Lipinski definition) is 5. The summed E-state index contributed by atoms with van der Waals surface area (Å²) in [5.41, 5.74) is 7.05. The van der Waals surface area contributed by atoms with E-state index in [1.54, 1.807) is 18.2 Å². The van der Waals surface area contributed by atoms with Crippen molar-refractivity contribution in [3.63, 3.8) is 0 Å². The largest absolute Gasteiger partial charge is 0.508 e. The van der Waals surface area contributed by atoms with Crippen LogP contribution in [0.4, 0.5) is 5.69 Å². The Morgan fingerprint density at radius 2 is 1.57 bits per heavy atom. The van der Waals surface area contributed by atoms with Gasteiger partial charge in [-0.15, -0.1) is 12.4 Å². The molecule has 2 aliphatic heterocycles. The number of nitrogens with two attached hydrogens (primary N) is 1. The van der Waals surface area contributed by atoms with Gasteiger partial charge in [-0.2, -0.15) is 0 Å². The lowest BCUT2D eigenvalue weighted by molar-refractivity contribution is 0.0224. The number of rotatable bonds is 5. The number of carbonyl (C=O) groups is 1. The Bertz CT molecular complexity index is 1260. The number of halogens is 1. The van der Waals surface area contributed by atoms with E-state index in [1.807, 2.05) is 12.1 Å². The summed E-state index contributed by atoms with van der Waals surface area (Å²) in [6.07, 6.45) is 1.81. The Kier molecular flexibility index (Phi) is 6.75. The molecule has 1 spiro atoms. The van der Waals surface area contributed by atoms with Crippen molar-refractivity contribution in [1.82, 2.24) is 5.32 Å².